The van der Waals surface area contributed by atoms with Crippen molar-refractivity contribution in [3.63, 3.8) is 0 Å². The molecule has 0 bridgehead atoms. The monoisotopic (exact) mass is 251 g/mol. The van der Waals surface area contributed by atoms with Crippen molar-refractivity contribution in [2.24, 2.45) is 11.7 Å². The Bertz CT molecular complexity index is 343. The van der Waals surface area contributed by atoms with E-state index in [0.29, 0.717) is 18.4 Å². The van der Waals surface area contributed by atoms with Gasteiger partial charge in [-0.15, -0.1) is 0 Å². The Morgan fingerprint density at radius 3 is 2.56 bits per heavy atom. The minimum Gasteiger partial charge on any atom is -0.339 e. The lowest BCUT2D eigenvalue weighted by atomic mass is 9.91. The van der Waals surface area contributed by atoms with E-state index in [9.17, 15) is 0 Å². The van der Waals surface area contributed by atoms with E-state index in [4.69, 9.17) is 10.3 Å². The highest BCUT2D eigenvalue weighted by atomic mass is 16.5. The van der Waals surface area contributed by atoms with Crippen molar-refractivity contribution in [2.75, 3.05) is 6.54 Å². The molecule has 1 unspecified atom stereocenters. The van der Waals surface area contributed by atoms with Gasteiger partial charge in [0, 0.05) is 12.3 Å². The zero-order chi connectivity index (χ0) is 12.8. The normalized spacial score (nSPS) is 20.3. The summed E-state index contributed by atoms with van der Waals surface area (Å²) in [5.74, 6) is 2.60. The van der Waals surface area contributed by atoms with Crippen LogP contribution in [0.4, 0.5) is 0 Å². The summed E-state index contributed by atoms with van der Waals surface area (Å²) in [5, 5.41) is 4.17. The van der Waals surface area contributed by atoms with E-state index in [0.717, 1.165) is 18.1 Å². The first-order valence-corrected chi connectivity index (χ1v) is 7.32. The lowest BCUT2D eigenvalue weighted by molar-refractivity contribution is 0.347. The van der Waals surface area contributed by atoms with Crippen molar-refractivity contribution in [3.05, 3.63) is 11.7 Å². The quantitative estimate of drug-likeness (QED) is 0.893. The molecule has 1 saturated carbocycles. The highest BCUT2D eigenvalue weighted by molar-refractivity contribution is 4.96. The summed E-state index contributed by atoms with van der Waals surface area (Å²) in [4.78, 5) is 4.56. The number of nitrogens with two attached hydrogens (primary N) is 1. The number of nitrogens with zero attached hydrogens (tertiary/aromatic N) is 2. The summed E-state index contributed by atoms with van der Waals surface area (Å²) >= 11 is 0. The van der Waals surface area contributed by atoms with Gasteiger partial charge in [0.15, 0.2) is 5.82 Å². The first-order valence-electron chi connectivity index (χ1n) is 7.32. The molecule has 0 aliphatic heterocycles. The fourth-order valence-electron chi connectivity index (χ4n) is 2.61. The summed E-state index contributed by atoms with van der Waals surface area (Å²) in [6, 6.07) is 0. The van der Waals surface area contributed by atoms with Gasteiger partial charge in [0.05, 0.1) is 0 Å². The zero-order valence-corrected chi connectivity index (χ0v) is 11.4. The molecule has 4 heteroatoms. The van der Waals surface area contributed by atoms with E-state index < -0.39 is 0 Å². The van der Waals surface area contributed by atoms with Crippen molar-refractivity contribution in [2.45, 2.75) is 64.2 Å². The summed E-state index contributed by atoms with van der Waals surface area (Å²) in [6.07, 6.45) is 9.92. The first kappa shape index (κ1) is 13.5. The minimum atomic E-state index is 0.413. The van der Waals surface area contributed by atoms with E-state index in [-0.39, 0.29) is 0 Å². The topological polar surface area (TPSA) is 64.9 Å². The van der Waals surface area contributed by atoms with Gasteiger partial charge in [-0.05, 0) is 25.3 Å². The zero-order valence-electron chi connectivity index (χ0n) is 11.4. The van der Waals surface area contributed by atoms with Crippen molar-refractivity contribution >= 4 is 0 Å². The molecule has 1 aliphatic carbocycles. The fourth-order valence-corrected chi connectivity index (χ4v) is 2.61. The van der Waals surface area contributed by atoms with Crippen molar-refractivity contribution in [1.29, 1.82) is 0 Å². The van der Waals surface area contributed by atoms with Gasteiger partial charge in [0.25, 0.3) is 0 Å². The maximum Gasteiger partial charge on any atom is 0.226 e. The largest absolute Gasteiger partial charge is 0.339 e. The van der Waals surface area contributed by atoms with Gasteiger partial charge >= 0.3 is 0 Å². The van der Waals surface area contributed by atoms with Crippen LogP contribution in [0.5, 0.6) is 0 Å². The van der Waals surface area contributed by atoms with Crippen LogP contribution >= 0.6 is 0 Å². The average Bonchev–Trinajstić information content (AvgIpc) is 2.77. The Morgan fingerprint density at radius 1 is 1.22 bits per heavy atom. The Labute approximate surface area is 109 Å². The van der Waals surface area contributed by atoms with Crippen LogP contribution in [0.25, 0.3) is 0 Å². The molecule has 18 heavy (non-hydrogen) atoms. The molecule has 0 amide bonds. The number of rotatable bonds is 4. The van der Waals surface area contributed by atoms with E-state index in [2.05, 4.69) is 17.1 Å². The van der Waals surface area contributed by atoms with Gasteiger partial charge in [0.1, 0.15) is 0 Å². The molecule has 0 spiro atoms. The van der Waals surface area contributed by atoms with Crippen LogP contribution in [0.3, 0.4) is 0 Å². The van der Waals surface area contributed by atoms with Crippen LogP contribution in [0.2, 0.25) is 0 Å². The third kappa shape index (κ3) is 3.80. The first-order chi connectivity index (χ1) is 8.79. The number of aromatic nitrogens is 2. The standard InChI is InChI=1S/C14H25N3O/c1-11(10-15)9-13-16-14(17-18-13)12-7-5-3-2-4-6-8-12/h11-12H,2-10,15H2,1H3. The summed E-state index contributed by atoms with van der Waals surface area (Å²) in [6.45, 7) is 2.78. The average molecular weight is 251 g/mol. The van der Waals surface area contributed by atoms with Crippen LogP contribution < -0.4 is 5.73 Å². The Morgan fingerprint density at radius 2 is 1.89 bits per heavy atom. The molecular formula is C14H25N3O. The lowest BCUT2D eigenvalue weighted by Gasteiger charge is -2.15. The van der Waals surface area contributed by atoms with Gasteiger partial charge in [-0.3, -0.25) is 0 Å². The van der Waals surface area contributed by atoms with Gasteiger partial charge in [-0.2, -0.15) is 4.98 Å². The molecule has 0 aromatic carbocycles. The second-order valence-corrected chi connectivity index (χ2v) is 5.63. The molecular weight excluding hydrogens is 226 g/mol. The summed E-state index contributed by atoms with van der Waals surface area (Å²) in [5.41, 5.74) is 5.62. The SMILES string of the molecule is CC(CN)Cc1nc(C2CCCCCCC2)no1. The molecule has 2 rings (SSSR count). The van der Waals surface area contributed by atoms with Crippen LogP contribution in [-0.4, -0.2) is 16.7 Å². The molecule has 102 valence electrons. The molecule has 0 radical (unpaired) electrons. The molecule has 4 nitrogen and oxygen atoms in total. The molecule has 1 aliphatic rings. The predicted molar refractivity (Wildman–Crippen MR) is 71.3 cm³/mol. The molecule has 1 aromatic rings. The van der Waals surface area contributed by atoms with Crippen LogP contribution in [0.15, 0.2) is 4.52 Å². The van der Waals surface area contributed by atoms with E-state index in [1.54, 1.807) is 0 Å². The minimum absolute atomic E-state index is 0.413. The molecule has 2 N–H and O–H groups in total. The summed E-state index contributed by atoms with van der Waals surface area (Å²) in [7, 11) is 0. The Hall–Kier alpha value is -0.900. The van der Waals surface area contributed by atoms with E-state index in [1.807, 2.05) is 0 Å². The molecule has 0 saturated heterocycles. The highest BCUT2D eigenvalue weighted by Crippen LogP contribution is 2.29. The van der Waals surface area contributed by atoms with Crippen LogP contribution in [0.1, 0.15) is 69.5 Å². The van der Waals surface area contributed by atoms with Gasteiger partial charge < -0.3 is 10.3 Å². The molecule has 1 heterocycles. The second kappa shape index (κ2) is 6.88. The van der Waals surface area contributed by atoms with E-state index >= 15 is 0 Å². The van der Waals surface area contributed by atoms with Crippen LogP contribution in [0, 0.1) is 5.92 Å². The van der Waals surface area contributed by atoms with Crippen molar-refractivity contribution in [1.82, 2.24) is 10.1 Å². The summed E-state index contributed by atoms with van der Waals surface area (Å²) < 4.78 is 5.35. The molecule has 1 aromatic heterocycles. The van der Waals surface area contributed by atoms with Crippen LogP contribution in [-0.2, 0) is 6.42 Å². The van der Waals surface area contributed by atoms with Gasteiger partial charge in [-0.1, -0.05) is 44.2 Å². The smallest absolute Gasteiger partial charge is 0.226 e. The predicted octanol–water partition coefficient (Wildman–Crippen LogP) is 3.03. The third-order valence-electron chi connectivity index (χ3n) is 3.88. The number of hydrogen-bond donors (Lipinski definition) is 1. The maximum atomic E-state index is 5.62. The van der Waals surface area contributed by atoms with E-state index in [1.165, 1.54) is 44.9 Å². The fraction of sp³-hybridized carbons (Fsp3) is 0.857. The highest BCUT2D eigenvalue weighted by Gasteiger charge is 2.19. The van der Waals surface area contributed by atoms with Gasteiger partial charge in [0.2, 0.25) is 5.89 Å². The molecule has 1 fully saturated rings. The Balaban J connectivity index is 1.94. The third-order valence-corrected chi connectivity index (χ3v) is 3.88. The second-order valence-electron chi connectivity index (χ2n) is 5.63. The number of hydrogen-bond acceptors (Lipinski definition) is 4. The van der Waals surface area contributed by atoms with Crippen molar-refractivity contribution < 1.29 is 4.52 Å². The molecule has 1 atom stereocenters. The van der Waals surface area contributed by atoms with Crippen molar-refractivity contribution in [3.8, 4) is 0 Å². The van der Waals surface area contributed by atoms with Gasteiger partial charge in [-0.25, -0.2) is 0 Å². The lowest BCUT2D eigenvalue weighted by Crippen LogP contribution is -2.13. The maximum absolute atomic E-state index is 5.62. The Kier molecular flexibility index (Phi) is 5.17.